The van der Waals surface area contributed by atoms with E-state index in [4.69, 9.17) is 4.74 Å². The maximum atomic E-state index is 12.2. The molecule has 0 spiro atoms. The lowest BCUT2D eigenvalue weighted by molar-refractivity contribution is 0.101. The molecular formula is C27H40O2. The lowest BCUT2D eigenvalue weighted by atomic mass is 9.76. The van der Waals surface area contributed by atoms with Crippen molar-refractivity contribution in [3.63, 3.8) is 0 Å². The standard InChI is InChI=1S/C27H40O2/c1-19(2)25-12-9-21(10-13-25)15-24-11-14-27(20(3)28)26(17-24)16-22-5-7-23(8-6-22)18-29-4/h11,14,17,21-23,25H,1,5-10,12-13,15-16,18H2,2-4H3. The van der Waals surface area contributed by atoms with Crippen LogP contribution in [0.15, 0.2) is 30.4 Å². The van der Waals surface area contributed by atoms with Gasteiger partial charge in [0.1, 0.15) is 0 Å². The van der Waals surface area contributed by atoms with Crippen molar-refractivity contribution in [3.05, 3.63) is 47.0 Å². The third-order valence-electron chi connectivity index (χ3n) is 7.49. The average molecular weight is 397 g/mol. The second-order valence-electron chi connectivity index (χ2n) is 9.86. The van der Waals surface area contributed by atoms with Crippen LogP contribution in [0.2, 0.25) is 0 Å². The number of carbonyl (C=O) groups excluding carboxylic acids is 1. The molecule has 0 aromatic heterocycles. The number of rotatable bonds is 8. The zero-order chi connectivity index (χ0) is 20.8. The SMILES string of the molecule is C=C(C)C1CCC(Cc2ccc(C(C)=O)c(CC3CCC(COC)CC3)c2)CC1. The Labute approximate surface area is 178 Å². The molecule has 0 N–H and O–H groups in total. The fourth-order valence-electron chi connectivity index (χ4n) is 5.63. The Bertz CT molecular complexity index is 688. The monoisotopic (exact) mass is 396 g/mol. The molecule has 0 saturated heterocycles. The summed E-state index contributed by atoms with van der Waals surface area (Å²) in [6, 6.07) is 6.67. The van der Waals surface area contributed by atoms with Crippen molar-refractivity contribution in [2.24, 2.45) is 23.7 Å². The first-order valence-electron chi connectivity index (χ1n) is 11.7. The summed E-state index contributed by atoms with van der Waals surface area (Å²) in [4.78, 5) is 12.2. The third kappa shape index (κ3) is 6.28. The van der Waals surface area contributed by atoms with Crippen LogP contribution < -0.4 is 0 Å². The van der Waals surface area contributed by atoms with Gasteiger partial charge in [0.05, 0.1) is 0 Å². The van der Waals surface area contributed by atoms with E-state index in [1.165, 1.54) is 68.1 Å². The molecule has 3 rings (SSSR count). The van der Waals surface area contributed by atoms with E-state index in [0.717, 1.165) is 42.8 Å². The van der Waals surface area contributed by atoms with E-state index in [-0.39, 0.29) is 5.78 Å². The average Bonchev–Trinajstić information content (AvgIpc) is 2.70. The van der Waals surface area contributed by atoms with E-state index in [2.05, 4.69) is 31.7 Å². The van der Waals surface area contributed by atoms with E-state index in [9.17, 15) is 4.79 Å². The van der Waals surface area contributed by atoms with E-state index in [1.54, 1.807) is 6.92 Å². The Morgan fingerprint density at radius 3 is 2.10 bits per heavy atom. The molecule has 0 radical (unpaired) electrons. The molecule has 0 heterocycles. The topological polar surface area (TPSA) is 26.3 Å². The summed E-state index contributed by atoms with van der Waals surface area (Å²) in [5.74, 6) is 3.16. The maximum absolute atomic E-state index is 12.2. The second-order valence-corrected chi connectivity index (χ2v) is 9.86. The molecule has 0 amide bonds. The number of benzene rings is 1. The van der Waals surface area contributed by atoms with Crippen LogP contribution in [0.3, 0.4) is 0 Å². The molecule has 2 aliphatic carbocycles. The highest BCUT2D eigenvalue weighted by Crippen LogP contribution is 2.35. The van der Waals surface area contributed by atoms with Gasteiger partial charge in [0.15, 0.2) is 5.78 Å². The maximum Gasteiger partial charge on any atom is 0.160 e. The molecule has 2 fully saturated rings. The summed E-state index contributed by atoms with van der Waals surface area (Å²) in [5.41, 5.74) is 5.02. The van der Waals surface area contributed by atoms with Gasteiger partial charge in [-0.1, -0.05) is 30.4 Å². The number of hydrogen-bond acceptors (Lipinski definition) is 2. The normalized spacial score (nSPS) is 27.6. The molecule has 2 nitrogen and oxygen atoms in total. The minimum Gasteiger partial charge on any atom is -0.384 e. The van der Waals surface area contributed by atoms with Gasteiger partial charge in [-0.05, 0) is 113 Å². The summed E-state index contributed by atoms with van der Waals surface area (Å²) >= 11 is 0. The number of hydrogen-bond donors (Lipinski definition) is 0. The summed E-state index contributed by atoms with van der Waals surface area (Å²) in [6.07, 6.45) is 12.5. The Morgan fingerprint density at radius 1 is 0.931 bits per heavy atom. The quantitative estimate of drug-likeness (QED) is 0.356. The molecule has 2 aliphatic rings. The lowest BCUT2D eigenvalue weighted by Crippen LogP contribution is -2.20. The predicted octanol–water partition coefficient (Wildman–Crippen LogP) is 6.81. The smallest absolute Gasteiger partial charge is 0.160 e. The fourth-order valence-corrected chi connectivity index (χ4v) is 5.63. The zero-order valence-corrected chi connectivity index (χ0v) is 18.8. The molecule has 2 saturated carbocycles. The lowest BCUT2D eigenvalue weighted by Gasteiger charge is -2.30. The summed E-state index contributed by atoms with van der Waals surface area (Å²) in [5, 5.41) is 0. The predicted molar refractivity (Wildman–Crippen MR) is 121 cm³/mol. The van der Waals surface area contributed by atoms with E-state index < -0.39 is 0 Å². The van der Waals surface area contributed by atoms with Gasteiger partial charge >= 0.3 is 0 Å². The minimum atomic E-state index is 0.210. The Hall–Kier alpha value is -1.41. The first-order chi connectivity index (χ1) is 14.0. The van der Waals surface area contributed by atoms with Gasteiger partial charge < -0.3 is 4.74 Å². The number of Topliss-reactive ketones (excluding diaryl/α,β-unsaturated/α-hetero) is 1. The summed E-state index contributed by atoms with van der Waals surface area (Å²) in [7, 11) is 1.81. The van der Waals surface area contributed by atoms with Crippen LogP contribution >= 0.6 is 0 Å². The van der Waals surface area contributed by atoms with Crippen LogP contribution in [0.4, 0.5) is 0 Å². The van der Waals surface area contributed by atoms with Crippen LogP contribution in [0.1, 0.15) is 86.7 Å². The number of ether oxygens (including phenoxy) is 1. The number of ketones is 1. The second kappa shape index (κ2) is 10.6. The molecule has 160 valence electrons. The first-order valence-corrected chi connectivity index (χ1v) is 11.7. The van der Waals surface area contributed by atoms with Crippen LogP contribution in [0.5, 0.6) is 0 Å². The molecule has 29 heavy (non-hydrogen) atoms. The summed E-state index contributed by atoms with van der Waals surface area (Å²) in [6.45, 7) is 8.95. The van der Waals surface area contributed by atoms with Gasteiger partial charge in [-0.15, -0.1) is 0 Å². The molecule has 0 atom stereocenters. The molecule has 0 unspecified atom stereocenters. The minimum absolute atomic E-state index is 0.210. The van der Waals surface area contributed by atoms with Gasteiger partial charge in [-0.3, -0.25) is 4.79 Å². The highest BCUT2D eigenvalue weighted by Gasteiger charge is 2.24. The van der Waals surface area contributed by atoms with Crippen molar-refractivity contribution >= 4 is 5.78 Å². The van der Waals surface area contributed by atoms with Gasteiger partial charge in [0, 0.05) is 19.3 Å². The van der Waals surface area contributed by atoms with Crippen LogP contribution in [0.25, 0.3) is 0 Å². The van der Waals surface area contributed by atoms with Crippen LogP contribution in [0, 0.1) is 23.7 Å². The Morgan fingerprint density at radius 2 is 1.52 bits per heavy atom. The van der Waals surface area contributed by atoms with Crippen molar-refractivity contribution < 1.29 is 9.53 Å². The van der Waals surface area contributed by atoms with Gasteiger partial charge in [-0.25, -0.2) is 0 Å². The van der Waals surface area contributed by atoms with Crippen molar-refractivity contribution in [1.82, 2.24) is 0 Å². The highest BCUT2D eigenvalue weighted by molar-refractivity contribution is 5.95. The van der Waals surface area contributed by atoms with Crippen molar-refractivity contribution in [3.8, 4) is 0 Å². The molecular weight excluding hydrogens is 356 g/mol. The highest BCUT2D eigenvalue weighted by atomic mass is 16.5. The van der Waals surface area contributed by atoms with Gasteiger partial charge in [0.25, 0.3) is 0 Å². The fraction of sp³-hybridized carbons (Fsp3) is 0.667. The molecule has 0 bridgehead atoms. The molecule has 2 heteroatoms. The number of carbonyl (C=O) groups is 1. The van der Waals surface area contributed by atoms with Crippen LogP contribution in [-0.2, 0) is 17.6 Å². The van der Waals surface area contributed by atoms with Gasteiger partial charge in [-0.2, -0.15) is 0 Å². The van der Waals surface area contributed by atoms with Crippen molar-refractivity contribution in [1.29, 1.82) is 0 Å². The largest absolute Gasteiger partial charge is 0.384 e. The van der Waals surface area contributed by atoms with Gasteiger partial charge in [0.2, 0.25) is 0 Å². The van der Waals surface area contributed by atoms with Crippen molar-refractivity contribution in [2.45, 2.75) is 78.1 Å². The summed E-state index contributed by atoms with van der Waals surface area (Å²) < 4.78 is 5.34. The number of methoxy groups -OCH3 is 1. The Kier molecular flexibility index (Phi) is 8.12. The van der Waals surface area contributed by atoms with Crippen molar-refractivity contribution in [2.75, 3.05) is 13.7 Å². The number of allylic oxidation sites excluding steroid dienone is 1. The molecule has 1 aromatic rings. The van der Waals surface area contributed by atoms with E-state index in [0.29, 0.717) is 5.92 Å². The zero-order valence-electron chi connectivity index (χ0n) is 18.8. The third-order valence-corrected chi connectivity index (χ3v) is 7.49. The van der Waals surface area contributed by atoms with E-state index >= 15 is 0 Å². The molecule has 1 aromatic carbocycles. The Balaban J connectivity index is 1.62. The van der Waals surface area contributed by atoms with E-state index in [1.807, 2.05) is 7.11 Å². The van der Waals surface area contributed by atoms with Crippen LogP contribution in [-0.4, -0.2) is 19.5 Å². The molecule has 0 aliphatic heterocycles. The first kappa shape index (κ1) is 22.3.